The molecule has 404 valence electrons. The molecule has 0 amide bonds. The fourth-order valence-corrected chi connectivity index (χ4v) is 12.0. The van der Waals surface area contributed by atoms with Crippen molar-refractivity contribution in [3.8, 4) is 50.7 Å². The van der Waals surface area contributed by atoms with Crippen molar-refractivity contribution in [1.29, 1.82) is 0 Å². The Morgan fingerprint density at radius 1 is 0.625 bits per heavy atom. The zero-order chi connectivity index (χ0) is 68.2. The highest BCUT2D eigenvalue weighted by atomic mass is 16.5. The summed E-state index contributed by atoms with van der Waals surface area (Å²) in [5.41, 5.74) is 10.5. The molecule has 0 bridgehead atoms. The van der Waals surface area contributed by atoms with E-state index in [1.54, 1.807) is 53.2 Å². The fourth-order valence-electron chi connectivity index (χ4n) is 12.0. The van der Waals surface area contributed by atoms with E-state index >= 15 is 0 Å². The van der Waals surface area contributed by atoms with Gasteiger partial charge in [0, 0.05) is 58.3 Å². The van der Waals surface area contributed by atoms with Crippen LogP contribution in [0.5, 0.6) is 11.5 Å². The number of fused-ring (bicyclic) bond motifs is 5. The smallest absolute Gasteiger partial charge is 0.137 e. The lowest BCUT2D eigenvalue weighted by Gasteiger charge is -2.43. The molecule has 3 heterocycles. The molecule has 5 heteroatoms. The van der Waals surface area contributed by atoms with Crippen molar-refractivity contribution in [3.05, 3.63) is 215 Å². The number of nitrogens with zero attached hydrogens (tertiary/aromatic N) is 4. The van der Waals surface area contributed by atoms with Crippen molar-refractivity contribution in [3.63, 3.8) is 0 Å². The van der Waals surface area contributed by atoms with Crippen LogP contribution in [0.2, 0.25) is 0 Å². The Morgan fingerprint density at radius 2 is 1.29 bits per heavy atom. The molecule has 0 unspecified atom stereocenters. The molecule has 2 aromatic heterocycles. The predicted octanol–water partition coefficient (Wildman–Crippen LogP) is 20.7. The van der Waals surface area contributed by atoms with Crippen LogP contribution < -0.4 is 14.5 Å². The van der Waals surface area contributed by atoms with Crippen LogP contribution in [0.25, 0.3) is 61.0 Å². The normalized spacial score (nSPS) is 17.8. The van der Waals surface area contributed by atoms with Crippen LogP contribution in [0.4, 0.5) is 22.7 Å². The molecule has 0 atom stereocenters. The van der Waals surface area contributed by atoms with Crippen LogP contribution in [0.15, 0.2) is 182 Å². The topological polar surface area (TPSA) is 33.5 Å². The summed E-state index contributed by atoms with van der Waals surface area (Å²) in [6.45, 7) is 23.0. The molecule has 0 N–H and O–H groups in total. The van der Waals surface area contributed by atoms with Gasteiger partial charge in [-0.1, -0.05) is 204 Å². The van der Waals surface area contributed by atoms with Gasteiger partial charge in [0.1, 0.15) is 24.0 Å². The maximum Gasteiger partial charge on any atom is 0.137 e. The lowest BCUT2D eigenvalue weighted by molar-refractivity contribution is 0.333. The molecule has 2 aliphatic rings. The average molecular weight is 1070 g/mol. The van der Waals surface area contributed by atoms with E-state index in [0.717, 1.165) is 57.6 Å². The van der Waals surface area contributed by atoms with Crippen molar-refractivity contribution >= 4 is 44.6 Å². The third kappa shape index (κ3) is 9.46. The molecule has 0 saturated carbocycles. The van der Waals surface area contributed by atoms with Crippen LogP contribution in [-0.4, -0.2) is 16.2 Å². The molecule has 0 fully saturated rings. The van der Waals surface area contributed by atoms with E-state index in [1.807, 2.05) is 67.3 Å². The summed E-state index contributed by atoms with van der Waals surface area (Å²) >= 11 is 0. The minimum atomic E-state index is -2.69. The molecule has 10 aromatic rings. The van der Waals surface area contributed by atoms with Gasteiger partial charge in [-0.15, -0.1) is 0 Å². The summed E-state index contributed by atoms with van der Waals surface area (Å²) in [6.07, 6.45) is 1.67. The number of rotatable bonds is 10. The van der Waals surface area contributed by atoms with Crippen LogP contribution in [0.3, 0.4) is 0 Å². The van der Waals surface area contributed by atoms with Gasteiger partial charge in [0.2, 0.25) is 0 Å². The van der Waals surface area contributed by atoms with E-state index in [9.17, 15) is 8.22 Å². The number of benzene rings is 8. The standard InChI is InChI=1S/C75H78N4O/c1-48(2)39-51-42-69(76-46-62(51)61-28-22-29-63-70(61)75(12,13)38-37-74(63,10)11)79-64-30-18-17-25-59(64)60-36-35-56(45-67(60)79)80-68-44-55(34-33-49(68)3)77-47-78(66-32-20-19-31-65(66)77)71-57(50-23-15-14-16-24-50)26-21-27-58(71)52-40-53(72(4,5)6)43-54(41-52)73(7,8)9/h14-36,40-46,48H,37-39,47H2,1-13H3/i3D3,14D,15D,16D,17D,18D,23D,24D,25D,30D,39D2. The quantitative estimate of drug-likeness (QED) is 0.137. The fraction of sp³-hybridized carbons (Fsp3) is 0.293. The van der Waals surface area contributed by atoms with Crippen LogP contribution in [0, 0.1) is 12.8 Å². The molecular formula is C75H78N4O. The minimum absolute atomic E-state index is 0.0131. The van der Waals surface area contributed by atoms with E-state index < -0.39 is 49.4 Å². The van der Waals surface area contributed by atoms with Crippen molar-refractivity contribution in [1.82, 2.24) is 9.55 Å². The molecule has 1 aliphatic carbocycles. The molecule has 0 spiro atoms. The van der Waals surface area contributed by atoms with Crippen LogP contribution in [-0.2, 0) is 28.0 Å². The Balaban J connectivity index is 1.03. The highest BCUT2D eigenvalue weighted by molar-refractivity contribution is 6.09. The van der Waals surface area contributed by atoms with Gasteiger partial charge in [-0.2, -0.15) is 0 Å². The van der Waals surface area contributed by atoms with Gasteiger partial charge in [-0.25, -0.2) is 4.98 Å². The van der Waals surface area contributed by atoms with E-state index in [0.29, 0.717) is 39.0 Å². The summed E-state index contributed by atoms with van der Waals surface area (Å²) in [5.74, 6) is -0.160. The highest BCUT2D eigenvalue weighted by Gasteiger charge is 2.39. The number of anilines is 4. The molecular weight excluding hydrogens is 973 g/mol. The third-order valence-corrected chi connectivity index (χ3v) is 16.4. The maximum atomic E-state index is 9.80. The van der Waals surface area contributed by atoms with Crippen LogP contribution >= 0.6 is 0 Å². The highest BCUT2D eigenvalue weighted by Crippen LogP contribution is 2.53. The summed E-state index contributed by atoms with van der Waals surface area (Å²) in [7, 11) is 0. The van der Waals surface area contributed by atoms with Gasteiger partial charge in [-0.05, 0) is 146 Å². The van der Waals surface area contributed by atoms with Crippen LogP contribution in [0.1, 0.15) is 148 Å². The van der Waals surface area contributed by atoms with Crippen molar-refractivity contribution < 1.29 is 23.9 Å². The SMILES string of the molecule is [2H]c1c([2H])c([2H])c(-c2cccc(-c3cc(C(C)(C)C)cc(C(C)(C)C)c3)c2N2CN(c3ccc(C([2H])([2H])[2H])c(Oc4ccc5c6c([2H])c([2H])c([2H])c([2H])c6n(-c6cc(C([2H])([2H])C(C)C)c(-c7cccc8c7C(C)(C)CCC8(C)C)cn6)c5c4)c3)c3ccccc32)c([2H])c1[2H]. The Kier molecular flexibility index (Phi) is 9.53. The zero-order valence-corrected chi connectivity index (χ0v) is 48.0. The second-order valence-electron chi connectivity index (χ2n) is 25.4. The Hall–Kier alpha value is -7.89. The second kappa shape index (κ2) is 19.7. The lowest BCUT2D eigenvalue weighted by atomic mass is 9.61. The molecule has 12 rings (SSSR count). The van der Waals surface area contributed by atoms with E-state index in [-0.39, 0.29) is 91.8 Å². The number of ether oxygens (including phenoxy) is 1. The summed E-state index contributed by atoms with van der Waals surface area (Å²) in [6, 6.07) is 34.1. The molecule has 0 radical (unpaired) electrons. The number of hydrogen-bond acceptors (Lipinski definition) is 4. The molecule has 5 nitrogen and oxygen atoms in total. The first kappa shape index (κ1) is 38.7. The Labute approximate surface area is 495 Å². The molecule has 0 saturated heterocycles. The van der Waals surface area contributed by atoms with Crippen molar-refractivity contribution in [2.45, 2.75) is 131 Å². The van der Waals surface area contributed by atoms with E-state index in [4.69, 9.17) is 20.7 Å². The van der Waals surface area contributed by atoms with Gasteiger partial charge in [0.05, 0.1) is 40.4 Å². The predicted molar refractivity (Wildman–Crippen MR) is 339 cm³/mol. The number of aryl methyl sites for hydroxylation is 1. The van der Waals surface area contributed by atoms with Gasteiger partial charge >= 0.3 is 0 Å². The van der Waals surface area contributed by atoms with Gasteiger partial charge in [0.15, 0.2) is 0 Å². The zero-order valence-electron chi connectivity index (χ0n) is 62.0. The van der Waals surface area contributed by atoms with E-state index in [1.165, 1.54) is 11.6 Å². The van der Waals surface area contributed by atoms with Crippen molar-refractivity contribution in [2.24, 2.45) is 5.92 Å². The number of aromatic nitrogens is 2. The Morgan fingerprint density at radius 3 is 2.00 bits per heavy atom. The number of pyridine rings is 1. The van der Waals surface area contributed by atoms with Gasteiger partial charge < -0.3 is 14.5 Å². The third-order valence-electron chi connectivity index (χ3n) is 16.4. The van der Waals surface area contributed by atoms with Gasteiger partial charge in [-0.3, -0.25) is 4.57 Å². The summed E-state index contributed by atoms with van der Waals surface area (Å²) in [5, 5.41) is 0.639. The van der Waals surface area contributed by atoms with Gasteiger partial charge in [0.25, 0.3) is 0 Å². The monoisotopic (exact) mass is 1060 g/mol. The minimum Gasteiger partial charge on any atom is -0.457 e. The van der Waals surface area contributed by atoms with Crippen molar-refractivity contribution in [2.75, 3.05) is 16.5 Å². The number of para-hydroxylation sites is 4. The summed E-state index contributed by atoms with van der Waals surface area (Å²) < 4.78 is 136. The molecule has 1 aliphatic heterocycles. The maximum absolute atomic E-state index is 9.80. The second-order valence-corrected chi connectivity index (χ2v) is 25.4. The van der Waals surface area contributed by atoms with E-state index in [2.05, 4.69) is 98.4 Å². The number of hydrogen-bond donors (Lipinski definition) is 0. The Bertz CT molecular complexity index is 4720. The summed E-state index contributed by atoms with van der Waals surface area (Å²) in [4.78, 5) is 9.21. The lowest BCUT2D eigenvalue weighted by Crippen LogP contribution is -2.34. The average Bonchev–Trinajstić information content (AvgIpc) is 1.33. The molecule has 8 aromatic carbocycles. The molecule has 80 heavy (non-hydrogen) atoms. The first-order valence-electron chi connectivity index (χ1n) is 34.9. The first-order valence-corrected chi connectivity index (χ1v) is 27.9. The largest absolute Gasteiger partial charge is 0.457 e. The first-order chi connectivity index (χ1) is 43.8.